The monoisotopic (exact) mass is 250 g/mol. The standard InChI is InChI=1S/C9H14O4S2/c10-8(11)7-2-3-9(6-7)14-4-1-5-15(9,12)13/h7H,1-6H2,(H,10,11)/t7-,9+/m1/s1. The van der Waals surface area contributed by atoms with E-state index in [1.54, 1.807) is 0 Å². The molecule has 86 valence electrons. The summed E-state index contributed by atoms with van der Waals surface area (Å²) in [6, 6.07) is 0. The van der Waals surface area contributed by atoms with Gasteiger partial charge in [0.2, 0.25) is 0 Å². The highest BCUT2D eigenvalue weighted by Gasteiger charge is 2.52. The smallest absolute Gasteiger partial charge is 0.306 e. The summed E-state index contributed by atoms with van der Waals surface area (Å²) in [7, 11) is -3.09. The van der Waals surface area contributed by atoms with Crippen LogP contribution in [0.3, 0.4) is 0 Å². The lowest BCUT2D eigenvalue weighted by atomic mass is 10.1. The Morgan fingerprint density at radius 2 is 2.20 bits per heavy atom. The number of hydrogen-bond acceptors (Lipinski definition) is 4. The molecule has 0 bridgehead atoms. The van der Waals surface area contributed by atoms with Crippen molar-refractivity contribution < 1.29 is 18.3 Å². The van der Waals surface area contributed by atoms with E-state index in [2.05, 4.69) is 0 Å². The quantitative estimate of drug-likeness (QED) is 0.755. The molecule has 2 aliphatic rings. The fraction of sp³-hybridized carbons (Fsp3) is 0.889. The summed E-state index contributed by atoms with van der Waals surface area (Å²) in [4.78, 5) is 10.8. The second-order valence-corrected chi connectivity index (χ2v) is 8.37. The molecule has 0 unspecified atom stereocenters. The van der Waals surface area contributed by atoms with Crippen LogP contribution in [0.15, 0.2) is 0 Å². The Morgan fingerprint density at radius 1 is 1.47 bits per heavy atom. The van der Waals surface area contributed by atoms with Crippen molar-refractivity contribution in [1.29, 1.82) is 0 Å². The van der Waals surface area contributed by atoms with E-state index < -0.39 is 25.8 Å². The molecule has 6 heteroatoms. The van der Waals surface area contributed by atoms with Gasteiger partial charge in [-0.25, -0.2) is 8.42 Å². The van der Waals surface area contributed by atoms with Crippen molar-refractivity contribution in [2.24, 2.45) is 5.92 Å². The molecule has 2 atom stereocenters. The number of aliphatic carboxylic acids is 1. The number of sulfone groups is 1. The molecule has 1 aliphatic heterocycles. The van der Waals surface area contributed by atoms with E-state index >= 15 is 0 Å². The molecule has 1 N–H and O–H groups in total. The summed E-state index contributed by atoms with van der Waals surface area (Å²) in [6.07, 6.45) is 2.01. The summed E-state index contributed by atoms with van der Waals surface area (Å²) in [5.74, 6) is -0.253. The minimum Gasteiger partial charge on any atom is -0.481 e. The third-order valence-electron chi connectivity index (χ3n) is 3.27. The van der Waals surface area contributed by atoms with Gasteiger partial charge in [0, 0.05) is 0 Å². The Balaban J connectivity index is 2.24. The van der Waals surface area contributed by atoms with Crippen LogP contribution in [0.4, 0.5) is 0 Å². The van der Waals surface area contributed by atoms with Gasteiger partial charge < -0.3 is 5.11 Å². The number of carboxylic acids is 1. The van der Waals surface area contributed by atoms with E-state index in [0.29, 0.717) is 25.7 Å². The third kappa shape index (κ3) is 1.78. The first-order chi connectivity index (χ1) is 6.97. The van der Waals surface area contributed by atoms with Gasteiger partial charge >= 0.3 is 5.97 Å². The number of rotatable bonds is 1. The van der Waals surface area contributed by atoms with Crippen LogP contribution in [-0.2, 0) is 14.6 Å². The molecule has 1 saturated heterocycles. The van der Waals surface area contributed by atoms with Gasteiger partial charge in [-0.3, -0.25) is 4.79 Å². The Kier molecular flexibility index (Phi) is 2.75. The van der Waals surface area contributed by atoms with Crippen LogP contribution in [-0.4, -0.2) is 35.1 Å². The summed E-state index contributed by atoms with van der Waals surface area (Å²) < 4.78 is 23.2. The van der Waals surface area contributed by atoms with Crippen molar-refractivity contribution >= 4 is 27.6 Å². The summed E-state index contributed by atoms with van der Waals surface area (Å²) >= 11 is 1.45. The molecule has 2 rings (SSSR count). The second-order valence-electron chi connectivity index (χ2n) is 4.21. The van der Waals surface area contributed by atoms with Gasteiger partial charge in [0.1, 0.15) is 4.08 Å². The minimum atomic E-state index is -3.09. The van der Waals surface area contributed by atoms with Crippen LogP contribution in [0, 0.1) is 5.92 Å². The normalized spacial score (nSPS) is 39.3. The van der Waals surface area contributed by atoms with Crippen molar-refractivity contribution in [3.8, 4) is 0 Å². The van der Waals surface area contributed by atoms with Crippen molar-refractivity contribution in [1.82, 2.24) is 0 Å². The summed E-state index contributed by atoms with van der Waals surface area (Å²) in [5.41, 5.74) is 0. The van der Waals surface area contributed by atoms with Gasteiger partial charge in [-0.05, 0) is 31.4 Å². The zero-order valence-corrected chi connectivity index (χ0v) is 9.94. The maximum Gasteiger partial charge on any atom is 0.306 e. The van der Waals surface area contributed by atoms with Crippen LogP contribution in [0.25, 0.3) is 0 Å². The van der Waals surface area contributed by atoms with Gasteiger partial charge in [-0.2, -0.15) is 0 Å². The van der Waals surface area contributed by atoms with Crippen molar-refractivity contribution in [3.05, 3.63) is 0 Å². The van der Waals surface area contributed by atoms with Gasteiger partial charge in [-0.15, -0.1) is 11.8 Å². The molecule has 0 amide bonds. The molecule has 1 saturated carbocycles. The van der Waals surface area contributed by atoms with Gasteiger partial charge in [0.25, 0.3) is 0 Å². The van der Waals surface area contributed by atoms with Gasteiger partial charge in [-0.1, -0.05) is 0 Å². The molecule has 15 heavy (non-hydrogen) atoms. The lowest BCUT2D eigenvalue weighted by molar-refractivity contribution is -0.141. The van der Waals surface area contributed by atoms with Crippen molar-refractivity contribution in [2.75, 3.05) is 11.5 Å². The average molecular weight is 250 g/mol. The lowest BCUT2D eigenvalue weighted by Crippen LogP contribution is -2.38. The summed E-state index contributed by atoms with van der Waals surface area (Å²) in [6.45, 7) is 0. The van der Waals surface area contributed by atoms with Crippen LogP contribution in [0.2, 0.25) is 0 Å². The second kappa shape index (κ2) is 3.66. The number of hydrogen-bond donors (Lipinski definition) is 1. The SMILES string of the molecule is O=C(O)[C@@H]1CC[C@]2(C1)SCCCS2(=O)=O. The summed E-state index contributed by atoms with van der Waals surface area (Å²) in [5, 5.41) is 8.89. The van der Waals surface area contributed by atoms with E-state index in [1.165, 1.54) is 11.8 Å². The van der Waals surface area contributed by atoms with Crippen LogP contribution >= 0.6 is 11.8 Å². The zero-order valence-electron chi connectivity index (χ0n) is 8.31. The van der Waals surface area contributed by atoms with Crippen molar-refractivity contribution in [3.63, 3.8) is 0 Å². The molecular formula is C9H14O4S2. The first-order valence-electron chi connectivity index (χ1n) is 5.06. The van der Waals surface area contributed by atoms with Crippen LogP contribution < -0.4 is 0 Å². The first-order valence-corrected chi connectivity index (χ1v) is 7.70. The number of carbonyl (C=O) groups is 1. The van der Waals surface area contributed by atoms with Crippen LogP contribution in [0.1, 0.15) is 25.7 Å². The average Bonchev–Trinajstić information content (AvgIpc) is 2.57. The van der Waals surface area contributed by atoms with E-state index in [1.807, 2.05) is 0 Å². The highest BCUT2D eigenvalue weighted by Crippen LogP contribution is 2.51. The van der Waals surface area contributed by atoms with E-state index in [-0.39, 0.29) is 5.75 Å². The topological polar surface area (TPSA) is 71.4 Å². The first kappa shape index (κ1) is 11.3. The molecule has 1 heterocycles. The Bertz CT molecular complexity index is 376. The zero-order chi connectivity index (χ0) is 11.1. The fourth-order valence-corrected chi connectivity index (χ4v) is 6.80. The Labute approximate surface area is 93.4 Å². The van der Waals surface area contributed by atoms with E-state index in [9.17, 15) is 13.2 Å². The highest BCUT2D eigenvalue weighted by atomic mass is 32.3. The molecule has 0 radical (unpaired) electrons. The van der Waals surface area contributed by atoms with E-state index in [0.717, 1.165) is 5.75 Å². The molecule has 0 aromatic rings. The number of carboxylic acid groups (broad SMARTS) is 1. The Hall–Kier alpha value is -0.230. The maximum atomic E-state index is 12.0. The lowest BCUT2D eigenvalue weighted by Gasteiger charge is -2.32. The molecule has 2 fully saturated rings. The largest absolute Gasteiger partial charge is 0.481 e. The predicted octanol–water partition coefficient (Wildman–Crippen LogP) is 1.12. The highest BCUT2D eigenvalue weighted by molar-refractivity contribution is 8.15. The molecular weight excluding hydrogens is 236 g/mol. The Morgan fingerprint density at radius 3 is 2.73 bits per heavy atom. The molecule has 0 aromatic heterocycles. The van der Waals surface area contributed by atoms with Gasteiger partial charge in [0.05, 0.1) is 11.7 Å². The third-order valence-corrected chi connectivity index (χ3v) is 8.11. The minimum absolute atomic E-state index is 0.229. The molecule has 1 spiro atoms. The predicted molar refractivity (Wildman–Crippen MR) is 58.6 cm³/mol. The fourth-order valence-electron chi connectivity index (χ4n) is 2.38. The van der Waals surface area contributed by atoms with Gasteiger partial charge in [0.15, 0.2) is 9.84 Å². The van der Waals surface area contributed by atoms with Crippen molar-refractivity contribution in [2.45, 2.75) is 29.8 Å². The maximum absolute atomic E-state index is 12.0. The molecule has 0 aromatic carbocycles. The van der Waals surface area contributed by atoms with E-state index in [4.69, 9.17) is 5.11 Å². The molecule has 4 nitrogen and oxygen atoms in total. The van der Waals surface area contributed by atoms with Crippen LogP contribution in [0.5, 0.6) is 0 Å². The molecule has 1 aliphatic carbocycles. The number of thioether (sulfide) groups is 1.